The van der Waals surface area contributed by atoms with Crippen LogP contribution in [-0.2, 0) is 0 Å². The molecule has 0 N–H and O–H groups in total. The Kier molecular flexibility index (Phi) is 5.00. The van der Waals surface area contributed by atoms with Crippen molar-refractivity contribution in [2.75, 3.05) is 0 Å². The molecule has 3 nitrogen and oxygen atoms in total. The van der Waals surface area contributed by atoms with E-state index >= 15 is 0 Å². The van der Waals surface area contributed by atoms with Gasteiger partial charge in [0.25, 0.3) is 0 Å². The summed E-state index contributed by atoms with van der Waals surface area (Å²) >= 11 is 0. The summed E-state index contributed by atoms with van der Waals surface area (Å²) in [5.41, 5.74) is 7.46. The number of benzene rings is 7. The number of fused-ring (bicyclic) bond motifs is 13. The maximum atomic E-state index is 5.10. The summed E-state index contributed by atoms with van der Waals surface area (Å²) in [5.74, 6) is 0. The lowest BCUT2D eigenvalue weighted by Crippen LogP contribution is -1.95. The number of hydrogen-bond acceptors (Lipinski definition) is 2. The molecule has 0 saturated carbocycles. The third-order valence-corrected chi connectivity index (χ3v) is 9.38. The Bertz CT molecular complexity index is 2810. The predicted molar refractivity (Wildman–Crippen MR) is 189 cm³/mol. The van der Waals surface area contributed by atoms with E-state index in [0.717, 1.165) is 38.8 Å². The topological polar surface area (TPSA) is 30.7 Å². The number of nitrogens with zero attached hydrogens (tertiary/aromatic N) is 3. The first kappa shape index (κ1) is 24.4. The van der Waals surface area contributed by atoms with Gasteiger partial charge in [-0.3, -0.25) is 4.98 Å². The quantitative estimate of drug-likeness (QED) is 0.193. The van der Waals surface area contributed by atoms with Gasteiger partial charge in [0.1, 0.15) is 0 Å². The highest BCUT2D eigenvalue weighted by Crippen LogP contribution is 2.44. The lowest BCUT2D eigenvalue weighted by atomic mass is 9.93. The molecule has 7 aromatic carbocycles. The smallest absolute Gasteiger partial charge is 0.0972 e. The molecule has 3 aromatic heterocycles. The lowest BCUT2D eigenvalue weighted by molar-refractivity contribution is 1.19. The fourth-order valence-corrected chi connectivity index (χ4v) is 7.38. The maximum absolute atomic E-state index is 5.10. The van der Waals surface area contributed by atoms with E-state index in [4.69, 9.17) is 4.98 Å². The van der Waals surface area contributed by atoms with Crippen molar-refractivity contribution in [1.29, 1.82) is 0 Å². The van der Waals surface area contributed by atoms with Gasteiger partial charge in [-0.25, -0.2) is 4.98 Å². The molecule has 0 aliphatic rings. The minimum absolute atomic E-state index is 0.933. The molecule has 3 heterocycles. The molecule has 0 aliphatic heterocycles. The molecule has 3 heteroatoms. The van der Waals surface area contributed by atoms with Gasteiger partial charge in [0.15, 0.2) is 0 Å². The predicted octanol–water partition coefficient (Wildman–Crippen LogP) is 11.0. The monoisotopic (exact) mass is 571 g/mol. The molecule has 0 fully saturated rings. The molecule has 0 radical (unpaired) electrons. The van der Waals surface area contributed by atoms with Crippen molar-refractivity contribution in [2.45, 2.75) is 0 Å². The van der Waals surface area contributed by atoms with E-state index in [1.54, 1.807) is 0 Å². The second-order valence-electron chi connectivity index (χ2n) is 11.8. The summed E-state index contributed by atoms with van der Waals surface area (Å²) in [7, 11) is 0. The van der Waals surface area contributed by atoms with E-state index < -0.39 is 0 Å². The Morgan fingerprint density at radius 1 is 0.422 bits per heavy atom. The first-order chi connectivity index (χ1) is 22.3. The van der Waals surface area contributed by atoms with Crippen LogP contribution in [0.4, 0.5) is 0 Å². The molecule has 0 aliphatic carbocycles. The highest BCUT2D eigenvalue weighted by atomic mass is 15.0. The van der Waals surface area contributed by atoms with Crippen LogP contribution < -0.4 is 0 Å². The van der Waals surface area contributed by atoms with Crippen molar-refractivity contribution in [3.63, 3.8) is 0 Å². The van der Waals surface area contributed by atoms with Crippen LogP contribution in [0.1, 0.15) is 0 Å². The highest BCUT2D eigenvalue weighted by Gasteiger charge is 2.20. The lowest BCUT2D eigenvalue weighted by Gasteiger charge is -2.14. The van der Waals surface area contributed by atoms with Crippen LogP contribution in [0.2, 0.25) is 0 Å². The number of para-hydroxylation sites is 1. The van der Waals surface area contributed by atoms with Crippen molar-refractivity contribution in [2.24, 2.45) is 0 Å². The third-order valence-electron chi connectivity index (χ3n) is 9.38. The molecule has 0 amide bonds. The first-order valence-corrected chi connectivity index (χ1v) is 15.3. The van der Waals surface area contributed by atoms with E-state index in [1.807, 2.05) is 12.3 Å². The summed E-state index contributed by atoms with van der Waals surface area (Å²) < 4.78 is 2.44. The van der Waals surface area contributed by atoms with E-state index in [1.165, 1.54) is 54.1 Å². The zero-order chi connectivity index (χ0) is 29.5. The highest BCUT2D eigenvalue weighted by molar-refractivity contribution is 6.36. The summed E-state index contributed by atoms with van der Waals surface area (Å²) in [6.07, 6.45) is 1.84. The van der Waals surface area contributed by atoms with Gasteiger partial charge in [0.2, 0.25) is 0 Å². The van der Waals surface area contributed by atoms with Gasteiger partial charge in [-0.15, -0.1) is 0 Å². The Morgan fingerprint density at radius 3 is 1.96 bits per heavy atom. The average molecular weight is 572 g/mol. The maximum Gasteiger partial charge on any atom is 0.0972 e. The molecule has 10 rings (SSSR count). The molecular formula is C42H25N3. The fraction of sp³-hybridized carbons (Fsp3) is 0. The molecule has 0 unspecified atom stereocenters. The molecule has 208 valence electrons. The summed E-state index contributed by atoms with van der Waals surface area (Å²) in [5, 5.41) is 12.4. The Balaban J connectivity index is 1.24. The second kappa shape index (κ2) is 9.22. The largest absolute Gasteiger partial charge is 0.309 e. The van der Waals surface area contributed by atoms with Crippen molar-refractivity contribution in [1.82, 2.24) is 14.5 Å². The van der Waals surface area contributed by atoms with Crippen LogP contribution in [0.3, 0.4) is 0 Å². The van der Waals surface area contributed by atoms with Gasteiger partial charge in [-0.2, -0.15) is 0 Å². The van der Waals surface area contributed by atoms with Crippen molar-refractivity contribution in [3.8, 4) is 16.9 Å². The van der Waals surface area contributed by atoms with E-state index in [0.29, 0.717) is 0 Å². The Labute approximate surface area is 258 Å². The minimum atomic E-state index is 0.933. The van der Waals surface area contributed by atoms with Crippen LogP contribution >= 0.6 is 0 Å². The van der Waals surface area contributed by atoms with Gasteiger partial charge < -0.3 is 4.57 Å². The number of rotatable bonds is 2. The van der Waals surface area contributed by atoms with Crippen LogP contribution in [0.5, 0.6) is 0 Å². The van der Waals surface area contributed by atoms with Crippen molar-refractivity contribution >= 4 is 75.9 Å². The SMILES string of the molecule is c1ccc2c(c1)ccc1c2c2ccccc2c2c1c1ccccc1n2-c1ccc(-c2ccc3ccc4cccnc4c3n2)cc1. The van der Waals surface area contributed by atoms with Gasteiger partial charge in [0.05, 0.1) is 27.8 Å². The number of aromatic nitrogens is 3. The molecule has 45 heavy (non-hydrogen) atoms. The molecule has 0 spiro atoms. The van der Waals surface area contributed by atoms with E-state index in [9.17, 15) is 0 Å². The van der Waals surface area contributed by atoms with Crippen molar-refractivity contribution in [3.05, 3.63) is 152 Å². The normalized spacial score (nSPS) is 12.0. The Morgan fingerprint density at radius 2 is 1.09 bits per heavy atom. The molecule has 0 atom stereocenters. The zero-order valence-electron chi connectivity index (χ0n) is 24.3. The van der Waals surface area contributed by atoms with Gasteiger partial charge in [-0.1, -0.05) is 115 Å². The molecular weight excluding hydrogens is 546 g/mol. The third kappa shape index (κ3) is 3.46. The van der Waals surface area contributed by atoms with Crippen LogP contribution in [0.15, 0.2) is 152 Å². The van der Waals surface area contributed by atoms with E-state index in [-0.39, 0.29) is 0 Å². The van der Waals surface area contributed by atoms with Crippen LogP contribution in [-0.4, -0.2) is 14.5 Å². The van der Waals surface area contributed by atoms with E-state index in [2.05, 4.69) is 149 Å². The molecule has 10 aromatic rings. The summed E-state index contributed by atoms with van der Waals surface area (Å²) in [4.78, 5) is 9.74. The van der Waals surface area contributed by atoms with Gasteiger partial charge in [0, 0.05) is 44.4 Å². The fourth-order valence-electron chi connectivity index (χ4n) is 7.38. The summed E-state index contributed by atoms with van der Waals surface area (Å²) in [6, 6.07) is 52.4. The van der Waals surface area contributed by atoms with Crippen LogP contribution in [0, 0.1) is 0 Å². The van der Waals surface area contributed by atoms with Crippen molar-refractivity contribution < 1.29 is 0 Å². The van der Waals surface area contributed by atoms with Gasteiger partial charge >= 0.3 is 0 Å². The second-order valence-corrected chi connectivity index (χ2v) is 11.8. The van der Waals surface area contributed by atoms with Gasteiger partial charge in [-0.05, 0) is 57.3 Å². The number of pyridine rings is 2. The standard InChI is InChI=1S/C42H25N3/c1-2-10-31-26(8-1)19-23-35-38(31)32-11-3-4-12-33(32)42-39(35)34-13-5-6-14-37(34)45(42)30-21-17-27(18-22-30)36-24-20-29-16-15-28-9-7-25-43-40(28)41(29)44-36/h1-25H. The average Bonchev–Trinajstić information content (AvgIpc) is 3.47. The minimum Gasteiger partial charge on any atom is -0.309 e. The molecule has 0 saturated heterocycles. The summed E-state index contributed by atoms with van der Waals surface area (Å²) in [6.45, 7) is 0. The molecule has 0 bridgehead atoms. The number of hydrogen-bond donors (Lipinski definition) is 0. The Hall–Kier alpha value is -6.06. The van der Waals surface area contributed by atoms with Crippen LogP contribution in [0.25, 0.3) is 92.9 Å². The first-order valence-electron chi connectivity index (χ1n) is 15.3. The zero-order valence-corrected chi connectivity index (χ0v) is 24.3.